The number of ether oxygens (including phenoxy) is 5. The molecule has 0 aromatic heterocycles. The third kappa shape index (κ3) is 4.16. The van der Waals surface area contributed by atoms with Gasteiger partial charge in [-0.2, -0.15) is 0 Å². The van der Waals surface area contributed by atoms with Crippen LogP contribution in [0, 0.1) is 3.57 Å². The Morgan fingerprint density at radius 1 is 1.00 bits per heavy atom. The molecule has 1 aromatic carbocycles. The fourth-order valence-corrected chi connectivity index (χ4v) is 3.28. The molecule has 9 nitrogen and oxygen atoms in total. The smallest absolute Gasteiger partial charge is 0.355 e. The largest absolute Gasteiger partial charge is 0.496 e. The van der Waals surface area contributed by atoms with Gasteiger partial charge in [-0.05, 0) is 28.7 Å². The number of carbonyl (C=O) groups excluding carboxylic acids is 3. The maximum atomic E-state index is 12.4. The van der Waals surface area contributed by atoms with Crippen LogP contribution < -0.4 is 9.64 Å². The first-order valence-corrected chi connectivity index (χ1v) is 8.68. The van der Waals surface area contributed by atoms with E-state index in [9.17, 15) is 14.4 Å². The second-order valence-electron chi connectivity index (χ2n) is 5.21. The van der Waals surface area contributed by atoms with Gasteiger partial charge in [0, 0.05) is 9.64 Å². The highest BCUT2D eigenvalue weighted by molar-refractivity contribution is 14.1. The van der Waals surface area contributed by atoms with E-state index in [0.717, 1.165) is 0 Å². The van der Waals surface area contributed by atoms with Gasteiger partial charge in [0.2, 0.25) is 0 Å². The van der Waals surface area contributed by atoms with Crippen LogP contribution in [0.2, 0.25) is 0 Å². The molecule has 1 aromatic rings. The van der Waals surface area contributed by atoms with Gasteiger partial charge in [0.1, 0.15) is 23.7 Å². The fourth-order valence-electron chi connectivity index (χ4n) is 2.52. The van der Waals surface area contributed by atoms with Crippen LogP contribution in [0.5, 0.6) is 5.75 Å². The lowest BCUT2D eigenvalue weighted by Crippen LogP contribution is -2.39. The van der Waals surface area contributed by atoms with Gasteiger partial charge in [-0.25, -0.2) is 14.4 Å². The number of anilines is 1. The highest BCUT2D eigenvalue weighted by Crippen LogP contribution is 2.35. The van der Waals surface area contributed by atoms with Gasteiger partial charge in [0.05, 0.1) is 46.3 Å². The molecule has 0 saturated carbocycles. The van der Waals surface area contributed by atoms with Gasteiger partial charge in [-0.1, -0.05) is 0 Å². The molecule has 1 heterocycles. The van der Waals surface area contributed by atoms with Gasteiger partial charge in [0.25, 0.3) is 0 Å². The van der Waals surface area contributed by atoms with E-state index in [-0.39, 0.29) is 35.9 Å². The summed E-state index contributed by atoms with van der Waals surface area (Å²) in [6.45, 7) is -0.108. The van der Waals surface area contributed by atoms with Crippen molar-refractivity contribution < 1.29 is 38.1 Å². The lowest BCUT2D eigenvalue weighted by atomic mass is 10.1. The molecular formula is C17H18INO8. The summed E-state index contributed by atoms with van der Waals surface area (Å²) in [5, 5.41) is 0. The maximum absolute atomic E-state index is 12.4. The minimum Gasteiger partial charge on any atom is -0.496 e. The van der Waals surface area contributed by atoms with E-state index < -0.39 is 17.9 Å². The molecule has 0 radical (unpaired) electrons. The zero-order valence-corrected chi connectivity index (χ0v) is 17.3. The number of benzene rings is 1. The molecule has 0 atom stereocenters. The van der Waals surface area contributed by atoms with E-state index in [1.54, 1.807) is 12.1 Å². The first-order valence-electron chi connectivity index (χ1n) is 7.60. The summed E-state index contributed by atoms with van der Waals surface area (Å²) in [5.41, 5.74) is 0.744. The average molecular weight is 491 g/mol. The molecular weight excluding hydrogens is 473 g/mol. The number of carbonyl (C=O) groups is 3. The first kappa shape index (κ1) is 21.0. The standard InChI is InChI=1S/C17H18INO8/c1-23-13-6-12(11(18)5-9(13)15(20)24-2)19-8-27-7-10(16(21)25-3)14(19)17(22)26-4/h5-6H,7-8H2,1-4H3. The molecule has 1 aliphatic rings. The zero-order chi connectivity index (χ0) is 20.1. The van der Waals surface area contributed by atoms with Gasteiger partial charge in [-0.15, -0.1) is 0 Å². The molecule has 0 N–H and O–H groups in total. The second kappa shape index (κ2) is 9.04. The van der Waals surface area contributed by atoms with Crippen LogP contribution in [-0.2, 0) is 28.5 Å². The molecule has 0 aliphatic carbocycles. The van der Waals surface area contributed by atoms with Crippen molar-refractivity contribution in [3.05, 3.63) is 32.5 Å². The lowest BCUT2D eigenvalue weighted by molar-refractivity contribution is -0.140. The van der Waals surface area contributed by atoms with Crippen LogP contribution in [0.1, 0.15) is 10.4 Å². The Kier molecular flexibility index (Phi) is 7.02. The number of hydrogen-bond donors (Lipinski definition) is 0. The zero-order valence-electron chi connectivity index (χ0n) is 15.2. The number of rotatable bonds is 5. The maximum Gasteiger partial charge on any atom is 0.355 e. The normalized spacial score (nSPS) is 13.9. The SMILES string of the molecule is COC(=O)C1=C(C(=O)OC)N(c2cc(OC)c(C(=O)OC)cc2I)COC1. The van der Waals surface area contributed by atoms with Crippen LogP contribution in [-0.4, -0.2) is 59.7 Å². The summed E-state index contributed by atoms with van der Waals surface area (Å²) in [4.78, 5) is 37.9. The van der Waals surface area contributed by atoms with Crippen LogP contribution in [0.25, 0.3) is 0 Å². The number of halogens is 1. The van der Waals surface area contributed by atoms with Gasteiger partial charge in [0.15, 0.2) is 0 Å². The van der Waals surface area contributed by atoms with Crippen LogP contribution in [0.15, 0.2) is 23.4 Å². The number of nitrogens with zero attached hydrogens (tertiary/aromatic N) is 1. The molecule has 2 rings (SSSR count). The van der Waals surface area contributed by atoms with E-state index in [0.29, 0.717) is 9.26 Å². The van der Waals surface area contributed by atoms with E-state index in [2.05, 4.69) is 0 Å². The highest BCUT2D eigenvalue weighted by Gasteiger charge is 2.34. The Balaban J connectivity index is 2.65. The fraction of sp³-hybridized carbons (Fsp3) is 0.353. The van der Waals surface area contributed by atoms with Crippen molar-refractivity contribution in [2.75, 3.05) is 46.7 Å². The summed E-state index contributed by atoms with van der Waals surface area (Å²) >= 11 is 2.00. The quantitative estimate of drug-likeness (QED) is 0.345. The average Bonchev–Trinajstić information content (AvgIpc) is 2.71. The van der Waals surface area contributed by atoms with Crippen LogP contribution >= 0.6 is 22.6 Å². The third-order valence-electron chi connectivity index (χ3n) is 3.80. The first-order chi connectivity index (χ1) is 12.9. The molecule has 1 aliphatic heterocycles. The van der Waals surface area contributed by atoms with E-state index >= 15 is 0 Å². The topological polar surface area (TPSA) is 101 Å². The molecule has 0 saturated heterocycles. The lowest BCUT2D eigenvalue weighted by Gasteiger charge is -2.32. The van der Waals surface area contributed by atoms with E-state index in [4.69, 9.17) is 23.7 Å². The predicted octanol–water partition coefficient (Wildman–Crippen LogP) is 1.48. The highest BCUT2D eigenvalue weighted by atomic mass is 127. The third-order valence-corrected chi connectivity index (χ3v) is 4.66. The Hall–Kier alpha value is -2.34. The molecule has 0 fully saturated rings. The number of methoxy groups -OCH3 is 4. The minimum atomic E-state index is -0.717. The minimum absolute atomic E-state index is 0.00128. The van der Waals surface area contributed by atoms with Crippen molar-refractivity contribution in [3.8, 4) is 5.75 Å². The van der Waals surface area contributed by atoms with E-state index in [1.165, 1.54) is 33.3 Å². The van der Waals surface area contributed by atoms with Gasteiger partial charge < -0.3 is 28.6 Å². The summed E-state index contributed by atoms with van der Waals surface area (Å²) in [6.07, 6.45) is 0. The van der Waals surface area contributed by atoms with Crippen molar-refractivity contribution in [1.82, 2.24) is 0 Å². The summed E-state index contributed by atoms with van der Waals surface area (Å²) < 4.78 is 25.7. The van der Waals surface area contributed by atoms with Crippen molar-refractivity contribution in [2.45, 2.75) is 0 Å². The van der Waals surface area contributed by atoms with E-state index in [1.807, 2.05) is 22.6 Å². The molecule has 0 amide bonds. The second-order valence-corrected chi connectivity index (χ2v) is 6.37. The Bertz CT molecular complexity index is 804. The summed E-state index contributed by atoms with van der Waals surface area (Å²) in [5.74, 6) is -1.74. The van der Waals surface area contributed by atoms with Gasteiger partial charge in [-0.3, -0.25) is 0 Å². The number of hydrogen-bond acceptors (Lipinski definition) is 9. The monoisotopic (exact) mass is 491 g/mol. The Morgan fingerprint density at radius 2 is 1.63 bits per heavy atom. The molecule has 0 bridgehead atoms. The molecule has 0 spiro atoms. The van der Waals surface area contributed by atoms with Crippen LogP contribution in [0.3, 0.4) is 0 Å². The number of esters is 3. The molecule has 10 heteroatoms. The van der Waals surface area contributed by atoms with Crippen molar-refractivity contribution in [1.29, 1.82) is 0 Å². The van der Waals surface area contributed by atoms with Crippen molar-refractivity contribution in [2.24, 2.45) is 0 Å². The predicted molar refractivity (Wildman–Crippen MR) is 101 cm³/mol. The summed E-state index contributed by atoms with van der Waals surface area (Å²) in [7, 11) is 5.09. The summed E-state index contributed by atoms with van der Waals surface area (Å²) in [6, 6.07) is 3.11. The van der Waals surface area contributed by atoms with Crippen molar-refractivity contribution >= 4 is 46.2 Å². The molecule has 146 valence electrons. The van der Waals surface area contributed by atoms with Crippen LogP contribution in [0.4, 0.5) is 5.69 Å². The molecule has 27 heavy (non-hydrogen) atoms. The van der Waals surface area contributed by atoms with Crippen molar-refractivity contribution in [3.63, 3.8) is 0 Å². The Labute approximate surface area is 169 Å². The molecule has 0 unspecified atom stereocenters. The Morgan fingerprint density at radius 3 is 2.19 bits per heavy atom. The van der Waals surface area contributed by atoms with Gasteiger partial charge >= 0.3 is 17.9 Å².